The maximum absolute atomic E-state index is 12.5. The van der Waals surface area contributed by atoms with Gasteiger partial charge in [0.2, 0.25) is 0 Å². The van der Waals surface area contributed by atoms with Crippen LogP contribution >= 0.6 is 15.9 Å². The molecule has 0 aliphatic carbocycles. The molecule has 2 amide bonds. The Balaban J connectivity index is 1.53. The van der Waals surface area contributed by atoms with Crippen LogP contribution in [0.2, 0.25) is 0 Å². The van der Waals surface area contributed by atoms with Crippen molar-refractivity contribution in [2.45, 2.75) is 13.0 Å². The van der Waals surface area contributed by atoms with Gasteiger partial charge in [-0.3, -0.25) is 0 Å². The molecule has 0 spiro atoms. The number of rotatable bonds is 3. The maximum Gasteiger partial charge on any atom is 0.317 e. The van der Waals surface area contributed by atoms with E-state index >= 15 is 0 Å². The van der Waals surface area contributed by atoms with Gasteiger partial charge in [0.1, 0.15) is 5.75 Å². The third-order valence-corrected chi connectivity index (χ3v) is 5.00. The molecule has 1 aliphatic heterocycles. The maximum atomic E-state index is 12.5. The Bertz CT molecular complexity index is 728. The van der Waals surface area contributed by atoms with Crippen LogP contribution in [0.4, 0.5) is 10.5 Å². The summed E-state index contributed by atoms with van der Waals surface area (Å²) in [6, 6.07) is 15.1. The van der Waals surface area contributed by atoms with E-state index in [1.807, 2.05) is 48.2 Å². The molecule has 2 aromatic rings. The highest BCUT2D eigenvalue weighted by Gasteiger charge is 2.22. The second kappa shape index (κ2) is 7.78. The number of anilines is 1. The van der Waals surface area contributed by atoms with E-state index in [0.717, 1.165) is 28.8 Å². The summed E-state index contributed by atoms with van der Waals surface area (Å²) in [5.41, 5.74) is 2.07. The molecule has 1 heterocycles. The zero-order chi connectivity index (χ0) is 17.8. The molecule has 3 rings (SSSR count). The number of phenols is 1. The summed E-state index contributed by atoms with van der Waals surface area (Å²) >= 11 is 3.42. The van der Waals surface area contributed by atoms with Gasteiger partial charge in [-0.05, 0) is 36.8 Å². The zero-order valence-electron chi connectivity index (χ0n) is 14.2. The van der Waals surface area contributed by atoms with Gasteiger partial charge in [0, 0.05) is 42.4 Å². The van der Waals surface area contributed by atoms with Gasteiger partial charge < -0.3 is 20.2 Å². The van der Waals surface area contributed by atoms with Gasteiger partial charge in [-0.15, -0.1) is 0 Å². The third kappa shape index (κ3) is 4.45. The van der Waals surface area contributed by atoms with E-state index in [9.17, 15) is 9.90 Å². The molecule has 132 valence electrons. The number of urea groups is 1. The van der Waals surface area contributed by atoms with Gasteiger partial charge in [0.05, 0.1) is 6.04 Å². The molecular weight excluding hydrogens is 382 g/mol. The number of hydrogen-bond donors (Lipinski definition) is 2. The standard InChI is InChI=1S/C19H22BrN3O2/c1-14(15-5-7-16(20)8-6-15)21-19(25)23-11-9-22(10-12-23)17-3-2-4-18(24)13-17/h2-8,13-14,24H,9-12H2,1H3,(H,21,25). The molecule has 0 radical (unpaired) electrons. The molecule has 0 saturated carbocycles. The average molecular weight is 404 g/mol. The molecule has 2 N–H and O–H groups in total. The largest absolute Gasteiger partial charge is 0.508 e. The highest BCUT2D eigenvalue weighted by Crippen LogP contribution is 2.22. The molecule has 1 saturated heterocycles. The first-order valence-electron chi connectivity index (χ1n) is 8.38. The van der Waals surface area contributed by atoms with E-state index in [4.69, 9.17) is 0 Å². The number of hydrogen-bond acceptors (Lipinski definition) is 3. The quantitative estimate of drug-likeness (QED) is 0.820. The zero-order valence-corrected chi connectivity index (χ0v) is 15.7. The Morgan fingerprint density at radius 3 is 2.44 bits per heavy atom. The second-order valence-corrected chi connectivity index (χ2v) is 7.13. The number of nitrogens with zero attached hydrogens (tertiary/aromatic N) is 2. The monoisotopic (exact) mass is 403 g/mol. The first kappa shape index (κ1) is 17.6. The van der Waals surface area contributed by atoms with Gasteiger partial charge in [0.25, 0.3) is 0 Å². The van der Waals surface area contributed by atoms with Crippen molar-refractivity contribution < 1.29 is 9.90 Å². The summed E-state index contributed by atoms with van der Waals surface area (Å²) < 4.78 is 1.03. The number of carbonyl (C=O) groups is 1. The highest BCUT2D eigenvalue weighted by molar-refractivity contribution is 9.10. The Hall–Kier alpha value is -2.21. The van der Waals surface area contributed by atoms with E-state index in [-0.39, 0.29) is 17.8 Å². The average Bonchev–Trinajstić information content (AvgIpc) is 2.62. The molecule has 25 heavy (non-hydrogen) atoms. The minimum absolute atomic E-state index is 0.0361. The van der Waals surface area contributed by atoms with Crippen molar-refractivity contribution >= 4 is 27.6 Å². The fourth-order valence-electron chi connectivity index (χ4n) is 2.97. The lowest BCUT2D eigenvalue weighted by Gasteiger charge is -2.36. The van der Waals surface area contributed by atoms with Crippen LogP contribution in [-0.4, -0.2) is 42.2 Å². The fourth-order valence-corrected chi connectivity index (χ4v) is 3.23. The number of aromatic hydroxyl groups is 1. The molecule has 1 atom stereocenters. The van der Waals surface area contributed by atoms with Gasteiger partial charge >= 0.3 is 6.03 Å². The summed E-state index contributed by atoms with van der Waals surface area (Å²) in [5.74, 6) is 0.265. The van der Waals surface area contributed by atoms with Gasteiger partial charge in [0.15, 0.2) is 0 Å². The van der Waals surface area contributed by atoms with Crippen LogP contribution in [0, 0.1) is 0 Å². The molecule has 1 aliphatic rings. The van der Waals surface area contributed by atoms with Crippen molar-refractivity contribution in [3.05, 3.63) is 58.6 Å². The van der Waals surface area contributed by atoms with Crippen LogP contribution in [0.3, 0.4) is 0 Å². The van der Waals surface area contributed by atoms with E-state index in [1.54, 1.807) is 12.1 Å². The predicted molar refractivity (Wildman–Crippen MR) is 103 cm³/mol. The fraction of sp³-hybridized carbons (Fsp3) is 0.316. The third-order valence-electron chi connectivity index (χ3n) is 4.47. The number of nitrogens with one attached hydrogen (secondary N) is 1. The van der Waals surface area contributed by atoms with E-state index in [2.05, 4.69) is 26.1 Å². The Labute approximate surface area is 156 Å². The summed E-state index contributed by atoms with van der Waals surface area (Å²) in [4.78, 5) is 16.5. The van der Waals surface area contributed by atoms with Gasteiger partial charge in [-0.2, -0.15) is 0 Å². The van der Waals surface area contributed by atoms with Crippen molar-refractivity contribution in [1.29, 1.82) is 0 Å². The molecule has 1 fully saturated rings. The predicted octanol–water partition coefficient (Wildman–Crippen LogP) is 3.75. The molecule has 0 aromatic heterocycles. The Morgan fingerprint density at radius 1 is 1.12 bits per heavy atom. The van der Waals surface area contributed by atoms with Crippen molar-refractivity contribution in [2.24, 2.45) is 0 Å². The molecule has 6 heteroatoms. The number of halogens is 1. The Kier molecular flexibility index (Phi) is 5.48. The van der Waals surface area contributed by atoms with E-state index in [1.165, 1.54) is 0 Å². The minimum Gasteiger partial charge on any atom is -0.508 e. The lowest BCUT2D eigenvalue weighted by Crippen LogP contribution is -2.52. The topological polar surface area (TPSA) is 55.8 Å². The van der Waals surface area contributed by atoms with E-state index in [0.29, 0.717) is 13.1 Å². The summed E-state index contributed by atoms with van der Waals surface area (Å²) in [6.45, 7) is 4.82. The number of carbonyl (C=O) groups excluding carboxylic acids is 1. The molecule has 5 nitrogen and oxygen atoms in total. The number of phenolic OH excluding ortho intramolecular Hbond substituents is 1. The second-order valence-electron chi connectivity index (χ2n) is 6.22. The van der Waals surface area contributed by atoms with Crippen molar-refractivity contribution in [3.63, 3.8) is 0 Å². The molecular formula is C19H22BrN3O2. The minimum atomic E-state index is -0.0373. The lowest BCUT2D eigenvalue weighted by atomic mass is 10.1. The molecule has 2 aromatic carbocycles. The van der Waals surface area contributed by atoms with Gasteiger partial charge in [-0.1, -0.05) is 34.1 Å². The summed E-state index contributed by atoms with van der Waals surface area (Å²) in [5, 5.41) is 12.7. The van der Waals surface area contributed by atoms with Gasteiger partial charge in [-0.25, -0.2) is 4.79 Å². The first-order chi connectivity index (χ1) is 12.0. The van der Waals surface area contributed by atoms with Crippen LogP contribution in [0.15, 0.2) is 53.0 Å². The molecule has 1 unspecified atom stereocenters. The van der Waals surface area contributed by atoms with Crippen molar-refractivity contribution in [1.82, 2.24) is 10.2 Å². The smallest absolute Gasteiger partial charge is 0.317 e. The van der Waals surface area contributed by atoms with Crippen molar-refractivity contribution in [3.8, 4) is 5.75 Å². The van der Waals surface area contributed by atoms with E-state index < -0.39 is 0 Å². The number of benzene rings is 2. The molecule has 0 bridgehead atoms. The van der Waals surface area contributed by atoms with Crippen LogP contribution in [-0.2, 0) is 0 Å². The summed E-state index contributed by atoms with van der Waals surface area (Å²) in [6.07, 6.45) is 0. The number of piperazine rings is 1. The lowest BCUT2D eigenvalue weighted by molar-refractivity contribution is 0.191. The van der Waals surface area contributed by atoms with Crippen molar-refractivity contribution in [2.75, 3.05) is 31.1 Å². The highest BCUT2D eigenvalue weighted by atomic mass is 79.9. The SMILES string of the molecule is CC(NC(=O)N1CCN(c2cccc(O)c2)CC1)c1ccc(Br)cc1. The Morgan fingerprint density at radius 2 is 1.80 bits per heavy atom. The van der Waals surface area contributed by atoms with Crippen LogP contribution in [0.25, 0.3) is 0 Å². The van der Waals surface area contributed by atoms with Crippen LogP contribution in [0.1, 0.15) is 18.5 Å². The van der Waals surface area contributed by atoms with Crippen LogP contribution < -0.4 is 10.2 Å². The summed E-state index contributed by atoms with van der Waals surface area (Å²) in [7, 11) is 0. The normalized spacial score (nSPS) is 15.8. The number of amides is 2. The van der Waals surface area contributed by atoms with Crippen LogP contribution in [0.5, 0.6) is 5.75 Å². The first-order valence-corrected chi connectivity index (χ1v) is 9.17.